The summed E-state index contributed by atoms with van der Waals surface area (Å²) in [5, 5.41) is 3.53. The third-order valence-electron chi connectivity index (χ3n) is 14.3. The second kappa shape index (κ2) is 14.8. The summed E-state index contributed by atoms with van der Waals surface area (Å²) in [7, 11) is 0. The highest BCUT2D eigenvalue weighted by atomic mass is 15.2. The molecule has 1 aromatic heterocycles. The molecule has 0 saturated heterocycles. The summed E-state index contributed by atoms with van der Waals surface area (Å²) in [4.78, 5) is 2.84. The normalized spacial score (nSPS) is 27.6. The lowest BCUT2D eigenvalue weighted by atomic mass is 9.72. The molecule has 7 aliphatic rings. The number of aromatic nitrogens is 1. The largest absolute Gasteiger partial charge is 0.384 e. The summed E-state index contributed by atoms with van der Waals surface area (Å²) in [6.45, 7) is 9.65. The van der Waals surface area contributed by atoms with Gasteiger partial charge in [0, 0.05) is 47.2 Å². The first kappa shape index (κ1) is 36.0. The van der Waals surface area contributed by atoms with E-state index in [1.807, 2.05) is 0 Å². The lowest BCUT2D eigenvalue weighted by Gasteiger charge is -2.42. The molecule has 1 aromatic carbocycles. The number of fused-ring (bicyclic) bond motifs is 4. The van der Waals surface area contributed by atoms with Crippen molar-refractivity contribution in [1.82, 2.24) is 9.88 Å². The van der Waals surface area contributed by atoms with Gasteiger partial charge in [-0.1, -0.05) is 74.6 Å². The minimum Gasteiger partial charge on any atom is -0.384 e. The summed E-state index contributed by atoms with van der Waals surface area (Å²) in [5.41, 5.74) is 17.8. The Labute approximate surface area is 330 Å². The van der Waals surface area contributed by atoms with Gasteiger partial charge in [0.2, 0.25) is 0 Å². The summed E-state index contributed by atoms with van der Waals surface area (Å²) in [6.07, 6.45) is 47.7. The van der Waals surface area contributed by atoms with Crippen LogP contribution >= 0.6 is 0 Å². The van der Waals surface area contributed by atoms with E-state index in [0.29, 0.717) is 30.0 Å². The summed E-state index contributed by atoms with van der Waals surface area (Å²) >= 11 is 0. The highest BCUT2D eigenvalue weighted by molar-refractivity contribution is 5.75. The molecule has 1 aliphatic heterocycles. The molecule has 1 saturated carbocycles. The summed E-state index contributed by atoms with van der Waals surface area (Å²) < 4.78 is 2.60. The van der Waals surface area contributed by atoms with Gasteiger partial charge in [-0.15, -0.1) is 12.3 Å². The van der Waals surface area contributed by atoms with Crippen molar-refractivity contribution < 1.29 is 0 Å². The molecule has 5 atom stereocenters. The van der Waals surface area contributed by atoms with Crippen molar-refractivity contribution in [2.45, 2.75) is 123 Å². The second-order valence-electron chi connectivity index (χ2n) is 17.7. The predicted octanol–water partition coefficient (Wildman–Crippen LogP) is 12.0. The van der Waals surface area contributed by atoms with E-state index in [0.717, 1.165) is 57.8 Å². The van der Waals surface area contributed by atoms with Gasteiger partial charge in [-0.2, -0.15) is 0 Å². The molecule has 282 valence electrons. The fourth-order valence-corrected chi connectivity index (χ4v) is 11.4. The topological polar surface area (TPSA) is 20.2 Å². The van der Waals surface area contributed by atoms with Crippen molar-refractivity contribution >= 4 is 23.0 Å². The van der Waals surface area contributed by atoms with Gasteiger partial charge in [0.1, 0.15) is 0 Å². The number of rotatable bonds is 8. The molecule has 5 unspecified atom stereocenters. The van der Waals surface area contributed by atoms with Crippen LogP contribution in [0.1, 0.15) is 113 Å². The first-order chi connectivity index (χ1) is 26.8. The van der Waals surface area contributed by atoms with Crippen molar-refractivity contribution in [3.8, 4) is 12.3 Å². The number of allylic oxidation sites excluding steroid dienone is 12. The monoisotopic (exact) mass is 725 g/mol. The minimum absolute atomic E-state index is 0.196. The highest BCUT2D eigenvalue weighted by Gasteiger charge is 2.49. The number of terminal acetylenes is 1. The maximum Gasteiger partial charge on any atom is 0.0516 e. The van der Waals surface area contributed by atoms with Crippen LogP contribution in [-0.4, -0.2) is 22.7 Å². The minimum atomic E-state index is 0.196. The van der Waals surface area contributed by atoms with E-state index in [2.05, 4.69) is 146 Å². The van der Waals surface area contributed by atoms with Crippen LogP contribution in [0.25, 0.3) is 17.3 Å². The Balaban J connectivity index is 1.05. The molecule has 1 fully saturated rings. The molecular formula is C52H59N3. The van der Waals surface area contributed by atoms with E-state index < -0.39 is 0 Å². The van der Waals surface area contributed by atoms with E-state index in [1.165, 1.54) is 64.3 Å². The molecule has 1 N–H and O–H groups in total. The van der Waals surface area contributed by atoms with Gasteiger partial charge in [-0.3, -0.25) is 0 Å². The zero-order valence-corrected chi connectivity index (χ0v) is 33.6. The first-order valence-electron chi connectivity index (χ1n) is 21.4. The molecule has 6 aliphatic carbocycles. The van der Waals surface area contributed by atoms with E-state index in [-0.39, 0.29) is 5.41 Å². The van der Waals surface area contributed by atoms with Crippen LogP contribution in [0.15, 0.2) is 114 Å². The van der Waals surface area contributed by atoms with Crippen LogP contribution in [0.5, 0.6) is 0 Å². The smallest absolute Gasteiger partial charge is 0.0516 e. The number of dihydropyridines is 1. The maximum atomic E-state index is 5.80. The number of benzene rings is 1. The van der Waals surface area contributed by atoms with Crippen LogP contribution in [0, 0.1) is 36.5 Å². The first-order valence-corrected chi connectivity index (χ1v) is 21.4. The fourth-order valence-electron chi connectivity index (χ4n) is 11.4. The van der Waals surface area contributed by atoms with E-state index in [4.69, 9.17) is 6.42 Å². The summed E-state index contributed by atoms with van der Waals surface area (Å²) in [5.74, 6) is 4.21. The van der Waals surface area contributed by atoms with Crippen LogP contribution in [0.2, 0.25) is 0 Å². The average molecular weight is 726 g/mol. The number of nitrogens with one attached hydrogen (secondary N) is 1. The van der Waals surface area contributed by atoms with E-state index in [9.17, 15) is 0 Å². The molecule has 55 heavy (non-hydrogen) atoms. The average Bonchev–Trinajstić information content (AvgIpc) is 3.63. The fraction of sp³-hybridized carbons (Fsp3) is 0.423. The van der Waals surface area contributed by atoms with Gasteiger partial charge in [0.25, 0.3) is 0 Å². The molecular weight excluding hydrogens is 667 g/mol. The van der Waals surface area contributed by atoms with E-state index >= 15 is 0 Å². The zero-order chi connectivity index (χ0) is 37.7. The number of nitrogens with zero attached hydrogens (tertiary/aromatic N) is 2. The number of hydrogen-bond donors (Lipinski definition) is 1. The second-order valence-corrected chi connectivity index (χ2v) is 17.7. The van der Waals surface area contributed by atoms with Crippen molar-refractivity contribution in [3.05, 3.63) is 142 Å². The molecule has 0 amide bonds. The molecule has 2 aromatic rings. The molecule has 0 bridgehead atoms. The van der Waals surface area contributed by atoms with Gasteiger partial charge >= 0.3 is 0 Å². The summed E-state index contributed by atoms with van der Waals surface area (Å²) in [6, 6.07) is 10.5. The van der Waals surface area contributed by atoms with E-state index in [1.54, 1.807) is 22.3 Å². The molecule has 3 heteroatoms. The van der Waals surface area contributed by atoms with Crippen molar-refractivity contribution in [2.75, 3.05) is 4.90 Å². The molecule has 0 radical (unpaired) electrons. The molecule has 3 nitrogen and oxygen atoms in total. The standard InChI is InChI=1S/C52H59N3/c1-6-7-22-50-35(2)47-33-38(25-30-51(47)55(50)40-16-9-8-10-17-40)37-23-26-41(27-24-37)54(42-18-13-15-39(32-42)44-20-14-31-53-36(44)3)43-28-29-46-45-19-11-12-21-48(45)52(4,5)49(46)34-43/h1,8-9,11,13-16,18-20,23,29,31-34,36,41,43,45,48,53H,7,10,12,17,21-22,24-28,30H2,2-5H3. The van der Waals surface area contributed by atoms with Crippen molar-refractivity contribution in [3.63, 3.8) is 0 Å². The number of anilines is 1. The SMILES string of the molecule is C#CCCc1c(C)c2c(n1C1=CC=CCC1)CCC(C1=CCC(N(c3cccc(C4=CC=CNC4C)c3)C3C=C4C(=CC3)C3C=CCCC3C4(C)C)CC1)=C2. The Morgan fingerprint density at radius 3 is 2.67 bits per heavy atom. The Hall–Kier alpha value is -4.68. The number of hydrogen-bond acceptors (Lipinski definition) is 2. The van der Waals surface area contributed by atoms with Gasteiger partial charge in [-0.05, 0) is 177 Å². The third kappa shape index (κ3) is 6.40. The van der Waals surface area contributed by atoms with Gasteiger partial charge in [0.05, 0.1) is 6.04 Å². The lowest BCUT2D eigenvalue weighted by molar-refractivity contribution is 0.249. The van der Waals surface area contributed by atoms with Crippen LogP contribution < -0.4 is 10.2 Å². The van der Waals surface area contributed by atoms with Crippen LogP contribution in [0.4, 0.5) is 5.69 Å². The van der Waals surface area contributed by atoms with Gasteiger partial charge < -0.3 is 14.8 Å². The molecule has 0 spiro atoms. The molecule has 2 heterocycles. The Morgan fingerprint density at radius 2 is 1.87 bits per heavy atom. The predicted molar refractivity (Wildman–Crippen MR) is 233 cm³/mol. The molecule has 9 rings (SSSR count). The van der Waals surface area contributed by atoms with Crippen LogP contribution in [0.3, 0.4) is 0 Å². The zero-order valence-electron chi connectivity index (χ0n) is 33.6. The van der Waals surface area contributed by atoms with Gasteiger partial charge in [-0.25, -0.2) is 0 Å². The lowest BCUT2D eigenvalue weighted by Crippen LogP contribution is -2.44. The Morgan fingerprint density at radius 1 is 0.964 bits per heavy atom. The Bertz CT molecular complexity index is 2190. The maximum absolute atomic E-state index is 5.80. The van der Waals surface area contributed by atoms with Gasteiger partial charge in [0.15, 0.2) is 0 Å². The van der Waals surface area contributed by atoms with Crippen molar-refractivity contribution in [1.29, 1.82) is 0 Å². The van der Waals surface area contributed by atoms with Crippen molar-refractivity contribution in [2.24, 2.45) is 17.3 Å². The highest BCUT2D eigenvalue weighted by Crippen LogP contribution is 2.58. The Kier molecular flexibility index (Phi) is 9.66. The third-order valence-corrected chi connectivity index (χ3v) is 14.3. The quantitative estimate of drug-likeness (QED) is 0.216. The van der Waals surface area contributed by atoms with Crippen LogP contribution in [-0.2, 0) is 12.8 Å².